The maximum atomic E-state index is 8.73. The number of aliphatic hydroxyl groups is 2. The van der Waals surface area contributed by atoms with Crippen LogP contribution in [0, 0.1) is 0 Å². The van der Waals surface area contributed by atoms with Gasteiger partial charge in [0.25, 0.3) is 0 Å². The van der Waals surface area contributed by atoms with Crippen LogP contribution in [0.5, 0.6) is 0 Å². The van der Waals surface area contributed by atoms with Crippen LogP contribution >= 0.6 is 22.7 Å². The molecule has 0 spiro atoms. The molecule has 0 atom stereocenters. The summed E-state index contributed by atoms with van der Waals surface area (Å²) in [4.78, 5) is 9.19. The molecule has 0 fully saturated rings. The van der Waals surface area contributed by atoms with E-state index < -0.39 is 0 Å². The number of hydrogen-bond donors (Lipinski definition) is 2. The summed E-state index contributed by atoms with van der Waals surface area (Å²) in [5.41, 5.74) is 1.87. The van der Waals surface area contributed by atoms with Crippen molar-refractivity contribution >= 4 is 22.7 Å². The van der Waals surface area contributed by atoms with Gasteiger partial charge in [-0.25, -0.2) is 9.97 Å². The lowest BCUT2D eigenvalue weighted by atomic mass is 10.2. The topological polar surface area (TPSA) is 84.7 Å². The van der Waals surface area contributed by atoms with Crippen LogP contribution in [0.3, 0.4) is 0 Å². The van der Waals surface area contributed by atoms with Gasteiger partial charge in [0.05, 0.1) is 24.6 Å². The highest BCUT2D eigenvalue weighted by molar-refractivity contribution is 7.19. The molecule has 0 bridgehead atoms. The monoisotopic (exact) mass is 400 g/mol. The predicted octanol–water partition coefficient (Wildman–Crippen LogP) is 3.63. The number of hydrogen-bond acceptors (Lipinski definition) is 8. The second-order valence-corrected chi connectivity index (χ2v) is 7.68. The number of rotatable bonds is 15. The van der Waals surface area contributed by atoms with Gasteiger partial charge in [0.15, 0.2) is 10.0 Å². The van der Waals surface area contributed by atoms with E-state index in [2.05, 4.69) is 9.97 Å². The summed E-state index contributed by atoms with van der Waals surface area (Å²) in [7, 11) is 0. The van der Waals surface area contributed by atoms with Crippen molar-refractivity contribution in [3.8, 4) is 10.0 Å². The Morgan fingerprint density at radius 1 is 0.692 bits per heavy atom. The van der Waals surface area contributed by atoms with E-state index in [-0.39, 0.29) is 13.2 Å². The smallest absolute Gasteiger partial charge is 0.152 e. The van der Waals surface area contributed by atoms with Crippen molar-refractivity contribution in [1.82, 2.24) is 9.97 Å². The number of unbranched alkanes of at least 4 members (excludes halogenated alkanes) is 4. The highest BCUT2D eigenvalue weighted by Gasteiger charge is 2.10. The minimum atomic E-state index is 0.250. The molecule has 0 saturated carbocycles. The van der Waals surface area contributed by atoms with Crippen LogP contribution < -0.4 is 0 Å². The van der Waals surface area contributed by atoms with Crippen molar-refractivity contribution in [1.29, 1.82) is 0 Å². The zero-order valence-electron chi connectivity index (χ0n) is 15.1. The molecule has 146 valence electrons. The van der Waals surface area contributed by atoms with Gasteiger partial charge in [-0.3, -0.25) is 0 Å². The van der Waals surface area contributed by atoms with E-state index in [1.807, 2.05) is 10.8 Å². The van der Waals surface area contributed by atoms with Crippen LogP contribution in [0.1, 0.15) is 49.9 Å². The summed E-state index contributed by atoms with van der Waals surface area (Å²) < 4.78 is 11.2. The van der Waals surface area contributed by atoms with Crippen LogP contribution in [-0.2, 0) is 22.7 Å². The minimum absolute atomic E-state index is 0.250. The van der Waals surface area contributed by atoms with Gasteiger partial charge >= 0.3 is 0 Å². The average Bonchev–Trinajstić information content (AvgIpc) is 3.30. The first-order valence-corrected chi connectivity index (χ1v) is 10.9. The van der Waals surface area contributed by atoms with Crippen LogP contribution in [0.25, 0.3) is 10.0 Å². The Balaban J connectivity index is 1.67. The zero-order chi connectivity index (χ0) is 18.5. The van der Waals surface area contributed by atoms with Gasteiger partial charge < -0.3 is 19.7 Å². The Morgan fingerprint density at radius 2 is 1.15 bits per heavy atom. The van der Waals surface area contributed by atoms with Crippen molar-refractivity contribution in [2.45, 2.75) is 51.7 Å². The molecule has 2 aromatic heterocycles. The SMILES string of the molecule is OCCCCCOCc1csc(-c2nc(COCCCCCO)cs2)n1. The molecule has 2 N–H and O–H groups in total. The first kappa shape index (κ1) is 21.4. The normalized spacial score (nSPS) is 11.3. The maximum Gasteiger partial charge on any atom is 0.152 e. The fourth-order valence-electron chi connectivity index (χ4n) is 2.28. The van der Waals surface area contributed by atoms with E-state index in [9.17, 15) is 0 Å². The standard InChI is InChI=1S/C18H28N2O4S2/c21-7-3-1-5-9-23-11-15-13-25-17(19-15)18-20-16(14-26-18)12-24-10-6-2-4-8-22/h13-14,21-22H,1-12H2. The van der Waals surface area contributed by atoms with Crippen LogP contribution in [-0.4, -0.2) is 46.6 Å². The van der Waals surface area contributed by atoms with Gasteiger partial charge in [-0.2, -0.15) is 0 Å². The third-order valence-electron chi connectivity index (χ3n) is 3.68. The fraction of sp³-hybridized carbons (Fsp3) is 0.667. The molecule has 0 aliphatic heterocycles. The van der Waals surface area contributed by atoms with Gasteiger partial charge in [-0.15, -0.1) is 22.7 Å². The molecular weight excluding hydrogens is 372 g/mol. The van der Waals surface area contributed by atoms with Crippen molar-refractivity contribution in [2.75, 3.05) is 26.4 Å². The molecule has 8 heteroatoms. The first-order chi connectivity index (χ1) is 12.8. The first-order valence-electron chi connectivity index (χ1n) is 9.10. The molecule has 2 heterocycles. The Bertz CT molecular complexity index is 551. The number of nitrogens with zero attached hydrogens (tertiary/aromatic N) is 2. The van der Waals surface area contributed by atoms with E-state index in [1.54, 1.807) is 22.7 Å². The maximum absolute atomic E-state index is 8.73. The predicted molar refractivity (Wildman–Crippen MR) is 104 cm³/mol. The Kier molecular flexibility index (Phi) is 10.9. The summed E-state index contributed by atoms with van der Waals surface area (Å²) in [6.45, 7) is 2.93. The molecule has 2 aromatic rings. The third-order valence-corrected chi connectivity index (χ3v) is 5.60. The largest absolute Gasteiger partial charge is 0.396 e. The number of thiazole rings is 2. The summed E-state index contributed by atoms with van der Waals surface area (Å²) in [5, 5.41) is 23.3. The summed E-state index contributed by atoms with van der Waals surface area (Å²) >= 11 is 3.17. The minimum Gasteiger partial charge on any atom is -0.396 e. The van der Waals surface area contributed by atoms with Gasteiger partial charge in [0.2, 0.25) is 0 Å². The molecular formula is C18H28N2O4S2. The second kappa shape index (κ2) is 13.3. The van der Waals surface area contributed by atoms with E-state index in [0.29, 0.717) is 26.4 Å². The van der Waals surface area contributed by atoms with Gasteiger partial charge in [-0.1, -0.05) is 0 Å². The molecule has 0 radical (unpaired) electrons. The number of ether oxygens (including phenoxy) is 2. The summed E-state index contributed by atoms with van der Waals surface area (Å²) in [6.07, 6.45) is 5.58. The Labute approximate surface area is 162 Å². The lowest BCUT2D eigenvalue weighted by Gasteiger charge is -2.01. The quantitative estimate of drug-likeness (QED) is 0.444. The van der Waals surface area contributed by atoms with E-state index in [0.717, 1.165) is 59.9 Å². The van der Waals surface area contributed by atoms with Gasteiger partial charge in [-0.05, 0) is 38.5 Å². The molecule has 0 aliphatic carbocycles. The van der Waals surface area contributed by atoms with Crippen LogP contribution in [0.15, 0.2) is 10.8 Å². The molecule has 0 amide bonds. The fourth-order valence-corrected chi connectivity index (χ4v) is 3.94. The zero-order valence-corrected chi connectivity index (χ0v) is 16.7. The highest BCUT2D eigenvalue weighted by atomic mass is 32.1. The summed E-state index contributed by atoms with van der Waals surface area (Å²) in [5.74, 6) is 0. The van der Waals surface area contributed by atoms with E-state index in [4.69, 9.17) is 19.7 Å². The van der Waals surface area contributed by atoms with Crippen molar-refractivity contribution < 1.29 is 19.7 Å². The molecule has 0 saturated heterocycles. The summed E-state index contributed by atoms with van der Waals surface area (Å²) in [6, 6.07) is 0. The van der Waals surface area contributed by atoms with E-state index >= 15 is 0 Å². The van der Waals surface area contributed by atoms with Crippen molar-refractivity contribution in [2.24, 2.45) is 0 Å². The molecule has 0 unspecified atom stereocenters. The second-order valence-electron chi connectivity index (χ2n) is 5.96. The molecule has 2 rings (SSSR count). The molecule has 26 heavy (non-hydrogen) atoms. The Morgan fingerprint density at radius 3 is 1.58 bits per heavy atom. The van der Waals surface area contributed by atoms with Crippen molar-refractivity contribution in [3.63, 3.8) is 0 Å². The lowest BCUT2D eigenvalue weighted by molar-refractivity contribution is 0.113. The molecule has 0 aliphatic rings. The average molecular weight is 401 g/mol. The lowest BCUT2D eigenvalue weighted by Crippen LogP contribution is -1.97. The van der Waals surface area contributed by atoms with Crippen molar-refractivity contribution in [3.05, 3.63) is 22.1 Å². The van der Waals surface area contributed by atoms with E-state index in [1.165, 1.54) is 0 Å². The third kappa shape index (κ3) is 8.20. The van der Waals surface area contributed by atoms with Crippen LogP contribution in [0.4, 0.5) is 0 Å². The number of aromatic nitrogens is 2. The molecule has 0 aromatic carbocycles. The Hall–Kier alpha value is -0.900. The molecule has 6 nitrogen and oxygen atoms in total. The van der Waals surface area contributed by atoms with Gasteiger partial charge in [0, 0.05) is 37.2 Å². The highest BCUT2D eigenvalue weighted by Crippen LogP contribution is 2.27. The van der Waals surface area contributed by atoms with Gasteiger partial charge in [0.1, 0.15) is 0 Å². The number of aliphatic hydroxyl groups excluding tert-OH is 2. The van der Waals surface area contributed by atoms with Crippen LogP contribution in [0.2, 0.25) is 0 Å².